The smallest absolute Gasteiger partial charge is 0.212 e. The number of benzene rings is 1. The summed E-state index contributed by atoms with van der Waals surface area (Å²) in [4.78, 5) is 0. The topological polar surface area (TPSA) is 37.4 Å². The van der Waals surface area contributed by atoms with Crippen LogP contribution in [0.5, 0.6) is 0 Å². The molecule has 0 unspecified atom stereocenters. The molecule has 0 aliphatic rings. The number of hydrogen-bond donors (Lipinski definition) is 0. The summed E-state index contributed by atoms with van der Waals surface area (Å²) in [6, 6.07) is 5.02. The van der Waals surface area contributed by atoms with Crippen LogP contribution in [0.2, 0.25) is 10.0 Å². The molecule has 0 amide bonds. The first-order valence-corrected chi connectivity index (χ1v) is 7.10. The van der Waals surface area contributed by atoms with Crippen molar-refractivity contribution >= 4 is 33.2 Å². The van der Waals surface area contributed by atoms with E-state index in [1.165, 1.54) is 11.4 Å². The van der Waals surface area contributed by atoms with E-state index >= 15 is 0 Å². The van der Waals surface area contributed by atoms with Gasteiger partial charge in [-0.1, -0.05) is 23.2 Å². The highest BCUT2D eigenvalue weighted by atomic mass is 35.5. The number of sulfonamides is 1. The minimum atomic E-state index is -3.17. The first-order valence-electron chi connectivity index (χ1n) is 4.74. The van der Waals surface area contributed by atoms with Crippen LogP contribution in [0.3, 0.4) is 0 Å². The molecule has 0 aromatic heterocycles. The monoisotopic (exact) mass is 281 g/mol. The molecule has 0 aliphatic heterocycles. The van der Waals surface area contributed by atoms with E-state index < -0.39 is 10.0 Å². The molecular weight excluding hydrogens is 269 g/mol. The third-order valence-electron chi connectivity index (χ3n) is 2.17. The molecule has 1 aromatic rings. The molecule has 0 atom stereocenters. The Labute approximate surface area is 106 Å². The van der Waals surface area contributed by atoms with E-state index in [-0.39, 0.29) is 12.3 Å². The van der Waals surface area contributed by atoms with E-state index in [0.29, 0.717) is 10.0 Å². The predicted octanol–water partition coefficient (Wildman–Crippen LogP) is 2.77. The van der Waals surface area contributed by atoms with Gasteiger partial charge in [0.15, 0.2) is 0 Å². The summed E-state index contributed by atoms with van der Waals surface area (Å²) in [7, 11) is -1.64. The van der Waals surface area contributed by atoms with Gasteiger partial charge in [-0.25, -0.2) is 12.7 Å². The van der Waals surface area contributed by atoms with Crippen LogP contribution in [0.1, 0.15) is 12.5 Å². The third-order valence-corrected chi connectivity index (χ3v) is 4.41. The van der Waals surface area contributed by atoms with Gasteiger partial charge in [0.25, 0.3) is 0 Å². The molecule has 1 rings (SSSR count). The van der Waals surface area contributed by atoms with Crippen molar-refractivity contribution in [3.63, 3.8) is 0 Å². The molecule has 1 aromatic carbocycles. The first kappa shape index (κ1) is 13.8. The number of hydrogen-bond acceptors (Lipinski definition) is 2. The summed E-state index contributed by atoms with van der Waals surface area (Å²) >= 11 is 11.7. The first-order chi connectivity index (χ1) is 7.35. The maximum atomic E-state index is 11.5. The summed E-state index contributed by atoms with van der Waals surface area (Å²) in [5.74, 6) is 0.0811. The molecule has 16 heavy (non-hydrogen) atoms. The van der Waals surface area contributed by atoms with Gasteiger partial charge in [0, 0.05) is 23.6 Å². The van der Waals surface area contributed by atoms with Crippen LogP contribution < -0.4 is 0 Å². The number of nitrogens with zero attached hydrogens (tertiary/aromatic N) is 1. The predicted molar refractivity (Wildman–Crippen MR) is 67.4 cm³/mol. The zero-order chi connectivity index (χ0) is 12.3. The van der Waals surface area contributed by atoms with Gasteiger partial charge in [-0.05, 0) is 30.7 Å². The Bertz CT molecular complexity index is 453. The van der Waals surface area contributed by atoms with Crippen molar-refractivity contribution in [1.29, 1.82) is 0 Å². The Hall–Kier alpha value is -0.290. The molecule has 6 heteroatoms. The van der Waals surface area contributed by atoms with Crippen molar-refractivity contribution < 1.29 is 8.42 Å². The molecule has 0 N–H and O–H groups in total. The maximum absolute atomic E-state index is 11.5. The fraction of sp³-hybridized carbons (Fsp3) is 0.400. The zero-order valence-corrected chi connectivity index (χ0v) is 11.4. The quantitative estimate of drug-likeness (QED) is 0.851. The second kappa shape index (κ2) is 5.36. The second-order valence-electron chi connectivity index (χ2n) is 3.43. The lowest BCUT2D eigenvalue weighted by Gasteiger charge is -2.16. The van der Waals surface area contributed by atoms with Gasteiger partial charge in [0.1, 0.15) is 0 Å². The van der Waals surface area contributed by atoms with Crippen molar-refractivity contribution in [2.75, 3.05) is 12.8 Å². The highest BCUT2D eigenvalue weighted by molar-refractivity contribution is 7.89. The molecule has 0 radical (unpaired) electrons. The molecule has 90 valence electrons. The molecule has 0 heterocycles. The number of rotatable bonds is 4. The Balaban J connectivity index is 2.89. The Morgan fingerprint density at radius 1 is 1.19 bits per heavy atom. The van der Waals surface area contributed by atoms with Crippen molar-refractivity contribution in [1.82, 2.24) is 4.31 Å². The van der Waals surface area contributed by atoms with Gasteiger partial charge in [0.05, 0.1) is 5.75 Å². The lowest BCUT2D eigenvalue weighted by Crippen LogP contribution is -2.27. The van der Waals surface area contributed by atoms with E-state index in [1.807, 2.05) is 0 Å². The highest BCUT2D eigenvalue weighted by Gasteiger charge is 2.15. The van der Waals surface area contributed by atoms with Crippen molar-refractivity contribution in [2.45, 2.75) is 13.5 Å². The standard InChI is InChI=1S/C10H13Cl2NO2S/c1-3-16(14,15)13(2)7-8-4-9(11)6-10(12)5-8/h4-6H,3,7H2,1-2H3. The fourth-order valence-corrected chi connectivity index (χ4v) is 2.64. The van der Waals surface area contributed by atoms with Crippen molar-refractivity contribution in [3.05, 3.63) is 33.8 Å². The summed E-state index contributed by atoms with van der Waals surface area (Å²) in [6.07, 6.45) is 0. The Morgan fingerprint density at radius 2 is 1.69 bits per heavy atom. The van der Waals surface area contributed by atoms with Crippen LogP contribution in [0.25, 0.3) is 0 Å². The zero-order valence-electron chi connectivity index (χ0n) is 9.07. The van der Waals surface area contributed by atoms with Crippen LogP contribution in [-0.2, 0) is 16.6 Å². The van der Waals surface area contributed by atoms with E-state index in [9.17, 15) is 8.42 Å². The normalized spacial score (nSPS) is 12.1. The van der Waals surface area contributed by atoms with Crippen molar-refractivity contribution in [2.24, 2.45) is 0 Å². The SMILES string of the molecule is CCS(=O)(=O)N(C)Cc1cc(Cl)cc(Cl)c1. The van der Waals surface area contributed by atoms with E-state index in [4.69, 9.17) is 23.2 Å². The van der Waals surface area contributed by atoms with E-state index in [1.54, 1.807) is 25.1 Å². The van der Waals surface area contributed by atoms with Gasteiger partial charge >= 0.3 is 0 Å². The summed E-state index contributed by atoms with van der Waals surface area (Å²) in [6.45, 7) is 1.88. The summed E-state index contributed by atoms with van der Waals surface area (Å²) in [5.41, 5.74) is 0.775. The molecular formula is C10H13Cl2NO2S. The fourth-order valence-electron chi connectivity index (χ4n) is 1.28. The highest BCUT2D eigenvalue weighted by Crippen LogP contribution is 2.20. The second-order valence-corrected chi connectivity index (χ2v) is 6.67. The lowest BCUT2D eigenvalue weighted by molar-refractivity contribution is 0.468. The van der Waals surface area contributed by atoms with Gasteiger partial charge in [-0.3, -0.25) is 0 Å². The van der Waals surface area contributed by atoms with Crippen LogP contribution in [0.15, 0.2) is 18.2 Å². The van der Waals surface area contributed by atoms with Crippen molar-refractivity contribution in [3.8, 4) is 0 Å². The maximum Gasteiger partial charge on any atom is 0.213 e. The molecule has 3 nitrogen and oxygen atoms in total. The molecule has 0 saturated heterocycles. The molecule has 0 fully saturated rings. The average Bonchev–Trinajstić information content (AvgIpc) is 2.15. The Morgan fingerprint density at radius 3 is 2.12 bits per heavy atom. The summed E-state index contributed by atoms with van der Waals surface area (Å²) in [5, 5.41) is 1.01. The minimum Gasteiger partial charge on any atom is -0.212 e. The van der Waals surface area contributed by atoms with Gasteiger partial charge in [-0.15, -0.1) is 0 Å². The lowest BCUT2D eigenvalue weighted by atomic mass is 10.2. The number of halogens is 2. The van der Waals surface area contributed by atoms with Crippen LogP contribution in [0.4, 0.5) is 0 Å². The van der Waals surface area contributed by atoms with E-state index in [2.05, 4.69) is 0 Å². The average molecular weight is 282 g/mol. The third kappa shape index (κ3) is 3.63. The Kier molecular flexibility index (Phi) is 4.62. The summed E-state index contributed by atoms with van der Waals surface area (Å²) < 4.78 is 24.4. The van der Waals surface area contributed by atoms with Crippen LogP contribution in [-0.4, -0.2) is 25.5 Å². The van der Waals surface area contributed by atoms with Gasteiger partial charge < -0.3 is 0 Å². The van der Waals surface area contributed by atoms with Gasteiger partial charge in [0.2, 0.25) is 10.0 Å². The molecule has 0 spiro atoms. The molecule has 0 aliphatic carbocycles. The molecule has 0 bridgehead atoms. The van der Waals surface area contributed by atoms with Crippen LogP contribution >= 0.6 is 23.2 Å². The molecule has 0 saturated carbocycles. The largest absolute Gasteiger partial charge is 0.213 e. The van der Waals surface area contributed by atoms with Gasteiger partial charge in [-0.2, -0.15) is 0 Å². The minimum absolute atomic E-state index is 0.0811. The van der Waals surface area contributed by atoms with Crippen LogP contribution in [0, 0.1) is 0 Å². The van der Waals surface area contributed by atoms with E-state index in [0.717, 1.165) is 5.56 Å².